The van der Waals surface area contributed by atoms with Crippen LogP contribution in [-0.4, -0.2) is 35.4 Å². The van der Waals surface area contributed by atoms with Crippen LogP contribution < -0.4 is 10.1 Å². The monoisotopic (exact) mass is 315 g/mol. The number of carbonyl (C=O) groups excluding carboxylic acids is 1. The number of aryl methyl sites for hydroxylation is 1. The van der Waals surface area contributed by atoms with E-state index >= 15 is 0 Å². The molecule has 0 aliphatic carbocycles. The molecule has 0 saturated carbocycles. The summed E-state index contributed by atoms with van der Waals surface area (Å²) in [4.78, 5) is 12.4. The van der Waals surface area contributed by atoms with Gasteiger partial charge >= 0.3 is 0 Å². The van der Waals surface area contributed by atoms with E-state index in [9.17, 15) is 4.79 Å². The van der Waals surface area contributed by atoms with Crippen LogP contribution >= 0.6 is 0 Å². The third-order valence-corrected chi connectivity index (χ3v) is 3.83. The number of hydrogen-bond acceptors (Lipinski definition) is 4. The third kappa shape index (κ3) is 3.07. The van der Waals surface area contributed by atoms with Crippen molar-refractivity contribution in [2.24, 2.45) is 7.05 Å². The van der Waals surface area contributed by atoms with Gasteiger partial charge in [0.1, 0.15) is 12.4 Å². The van der Waals surface area contributed by atoms with Crippen LogP contribution in [0.25, 0.3) is 11.3 Å². The average molecular weight is 315 g/mol. The molecular weight excluding hydrogens is 294 g/mol. The van der Waals surface area contributed by atoms with Gasteiger partial charge in [0, 0.05) is 37.9 Å². The Bertz CT molecular complexity index is 709. The number of para-hydroxylation sites is 1. The smallest absolute Gasteiger partial charge is 0.272 e. The first-order valence-electron chi connectivity index (χ1n) is 7.86. The van der Waals surface area contributed by atoms with Crippen molar-refractivity contribution >= 4 is 5.91 Å². The lowest BCUT2D eigenvalue weighted by atomic mass is 10.0. The molecule has 1 aliphatic heterocycles. The second-order valence-corrected chi connectivity index (χ2v) is 5.39. The molecule has 1 aliphatic rings. The van der Waals surface area contributed by atoms with Crippen LogP contribution in [0.3, 0.4) is 0 Å². The molecule has 0 fully saturated rings. The highest BCUT2D eigenvalue weighted by Gasteiger charge is 2.27. The van der Waals surface area contributed by atoms with E-state index in [0.717, 1.165) is 29.0 Å². The van der Waals surface area contributed by atoms with E-state index in [4.69, 9.17) is 9.47 Å². The van der Waals surface area contributed by atoms with E-state index in [-0.39, 0.29) is 5.91 Å². The maximum Gasteiger partial charge on any atom is 0.272 e. The zero-order valence-corrected chi connectivity index (χ0v) is 13.5. The first-order chi connectivity index (χ1) is 11.2. The lowest BCUT2D eigenvalue weighted by Crippen LogP contribution is -2.27. The van der Waals surface area contributed by atoms with Crippen molar-refractivity contribution in [1.82, 2.24) is 15.1 Å². The lowest BCUT2D eigenvalue weighted by Gasteiger charge is -2.18. The molecule has 1 aromatic carbocycles. The number of fused-ring (bicyclic) bond motifs is 3. The summed E-state index contributed by atoms with van der Waals surface area (Å²) < 4.78 is 12.8. The maximum atomic E-state index is 12.4. The van der Waals surface area contributed by atoms with Gasteiger partial charge in [-0.3, -0.25) is 9.48 Å². The van der Waals surface area contributed by atoms with Crippen molar-refractivity contribution in [2.75, 3.05) is 19.8 Å². The molecule has 1 aromatic heterocycles. The van der Waals surface area contributed by atoms with Crippen LogP contribution in [0.5, 0.6) is 5.75 Å². The molecule has 6 heteroatoms. The minimum absolute atomic E-state index is 0.165. The lowest BCUT2D eigenvalue weighted by molar-refractivity contribution is 0.0936. The Morgan fingerprint density at radius 2 is 2.26 bits per heavy atom. The Balaban J connectivity index is 1.77. The summed E-state index contributed by atoms with van der Waals surface area (Å²) in [5, 5.41) is 7.29. The van der Waals surface area contributed by atoms with Crippen LogP contribution in [0.2, 0.25) is 0 Å². The fourth-order valence-corrected chi connectivity index (χ4v) is 2.77. The van der Waals surface area contributed by atoms with Crippen LogP contribution in [0, 0.1) is 0 Å². The second-order valence-electron chi connectivity index (χ2n) is 5.39. The number of nitrogens with one attached hydrogen (secondary N) is 1. The van der Waals surface area contributed by atoms with Crippen LogP contribution in [0.15, 0.2) is 24.3 Å². The summed E-state index contributed by atoms with van der Waals surface area (Å²) in [5.74, 6) is 0.660. The Kier molecular flexibility index (Phi) is 4.62. The SMILES string of the molecule is CCOCCCNC(=O)c1nn(C)c2c1COc1ccccc1-2. The number of rotatable bonds is 6. The number of hydrogen-bond donors (Lipinski definition) is 1. The molecule has 0 radical (unpaired) electrons. The fourth-order valence-electron chi connectivity index (χ4n) is 2.77. The number of nitrogens with zero attached hydrogens (tertiary/aromatic N) is 2. The van der Waals surface area contributed by atoms with E-state index in [1.165, 1.54) is 0 Å². The van der Waals surface area contributed by atoms with Gasteiger partial charge in [-0.05, 0) is 25.5 Å². The summed E-state index contributed by atoms with van der Waals surface area (Å²) in [6, 6.07) is 7.81. The number of amides is 1. The standard InChI is InChI=1S/C17H21N3O3/c1-3-22-10-6-9-18-17(21)15-13-11-23-14-8-5-4-7-12(14)16(13)20(2)19-15/h4-5,7-8H,3,6,9-11H2,1-2H3,(H,18,21). The number of aromatic nitrogens is 2. The van der Waals surface area contributed by atoms with Gasteiger partial charge in [0.05, 0.1) is 5.69 Å². The van der Waals surface area contributed by atoms with Crippen molar-refractivity contribution in [3.63, 3.8) is 0 Å². The van der Waals surface area contributed by atoms with Crippen LogP contribution in [-0.2, 0) is 18.4 Å². The first-order valence-corrected chi connectivity index (χ1v) is 7.86. The number of carbonyl (C=O) groups is 1. The quantitative estimate of drug-likeness (QED) is 0.830. The minimum atomic E-state index is -0.165. The van der Waals surface area contributed by atoms with Gasteiger partial charge in [0.2, 0.25) is 0 Å². The molecule has 6 nitrogen and oxygen atoms in total. The summed E-state index contributed by atoms with van der Waals surface area (Å²) in [6.45, 7) is 4.23. The normalized spacial score (nSPS) is 12.3. The molecule has 0 atom stereocenters. The highest BCUT2D eigenvalue weighted by Crippen LogP contribution is 2.38. The van der Waals surface area contributed by atoms with Crippen molar-refractivity contribution in [2.45, 2.75) is 20.0 Å². The fraction of sp³-hybridized carbons (Fsp3) is 0.412. The Hall–Kier alpha value is -2.34. The van der Waals surface area contributed by atoms with E-state index in [2.05, 4.69) is 10.4 Å². The Morgan fingerprint density at radius 1 is 1.43 bits per heavy atom. The summed E-state index contributed by atoms with van der Waals surface area (Å²) in [7, 11) is 1.85. The molecule has 2 heterocycles. The molecule has 3 rings (SSSR count). The van der Waals surface area contributed by atoms with Gasteiger partial charge in [0.25, 0.3) is 5.91 Å². The van der Waals surface area contributed by atoms with Crippen molar-refractivity contribution in [3.8, 4) is 17.0 Å². The predicted molar refractivity (Wildman–Crippen MR) is 86.4 cm³/mol. The van der Waals surface area contributed by atoms with Crippen LogP contribution in [0.1, 0.15) is 29.4 Å². The summed E-state index contributed by atoms with van der Waals surface area (Å²) in [5.41, 5.74) is 3.20. The van der Waals surface area contributed by atoms with Gasteiger partial charge in [0.15, 0.2) is 5.69 Å². The van der Waals surface area contributed by atoms with Gasteiger partial charge in [-0.25, -0.2) is 0 Å². The van der Waals surface area contributed by atoms with Gasteiger partial charge < -0.3 is 14.8 Å². The predicted octanol–water partition coefficient (Wildman–Crippen LogP) is 2.14. The Morgan fingerprint density at radius 3 is 3.09 bits per heavy atom. The molecule has 23 heavy (non-hydrogen) atoms. The van der Waals surface area contributed by atoms with E-state index in [1.54, 1.807) is 4.68 Å². The number of benzene rings is 1. The van der Waals surface area contributed by atoms with E-state index < -0.39 is 0 Å². The van der Waals surface area contributed by atoms with E-state index in [1.807, 2.05) is 38.2 Å². The average Bonchev–Trinajstić information content (AvgIpc) is 2.92. The molecule has 0 spiro atoms. The molecule has 0 saturated heterocycles. The van der Waals surface area contributed by atoms with Crippen molar-refractivity contribution < 1.29 is 14.3 Å². The number of ether oxygens (including phenoxy) is 2. The first kappa shape index (κ1) is 15.6. The third-order valence-electron chi connectivity index (χ3n) is 3.83. The van der Waals surface area contributed by atoms with Crippen LogP contribution in [0.4, 0.5) is 0 Å². The summed E-state index contributed by atoms with van der Waals surface area (Å²) in [6.07, 6.45) is 0.786. The second kappa shape index (κ2) is 6.83. The molecule has 122 valence electrons. The highest BCUT2D eigenvalue weighted by molar-refractivity contribution is 5.96. The summed E-state index contributed by atoms with van der Waals surface area (Å²) >= 11 is 0. The maximum absolute atomic E-state index is 12.4. The van der Waals surface area contributed by atoms with Gasteiger partial charge in [-0.1, -0.05) is 12.1 Å². The molecule has 1 amide bonds. The molecule has 0 bridgehead atoms. The van der Waals surface area contributed by atoms with Gasteiger partial charge in [-0.2, -0.15) is 5.10 Å². The van der Waals surface area contributed by atoms with Crippen molar-refractivity contribution in [1.29, 1.82) is 0 Å². The van der Waals surface area contributed by atoms with E-state index in [0.29, 0.717) is 32.1 Å². The highest BCUT2D eigenvalue weighted by atomic mass is 16.5. The molecular formula is C17H21N3O3. The zero-order chi connectivity index (χ0) is 16.2. The topological polar surface area (TPSA) is 65.4 Å². The van der Waals surface area contributed by atoms with Crippen molar-refractivity contribution in [3.05, 3.63) is 35.5 Å². The molecule has 1 N–H and O–H groups in total. The zero-order valence-electron chi connectivity index (χ0n) is 13.5. The molecule has 2 aromatic rings. The largest absolute Gasteiger partial charge is 0.488 e. The molecule has 0 unspecified atom stereocenters. The minimum Gasteiger partial charge on any atom is -0.488 e. The Labute approximate surface area is 135 Å². The van der Waals surface area contributed by atoms with Gasteiger partial charge in [-0.15, -0.1) is 0 Å².